The summed E-state index contributed by atoms with van der Waals surface area (Å²) in [7, 11) is 0. The minimum Gasteiger partial charge on any atom is -0.472 e. The normalized spacial score (nSPS) is 23.1. The molecule has 5 heteroatoms. The number of ether oxygens (including phenoxy) is 1. The van der Waals surface area contributed by atoms with Crippen molar-refractivity contribution in [1.29, 1.82) is 0 Å². The molecule has 1 aromatic rings. The highest BCUT2D eigenvalue weighted by atomic mass is 16.5. The maximum Gasteiger partial charge on any atom is 0.224 e. The number of Topliss-reactive ketones (excluding diaryl/α,β-unsaturated/α-hetero) is 1. The van der Waals surface area contributed by atoms with Crippen LogP contribution in [0.2, 0.25) is 0 Å². The molecule has 5 nitrogen and oxygen atoms in total. The molecule has 22 heavy (non-hydrogen) atoms. The van der Waals surface area contributed by atoms with Gasteiger partial charge in [-0.2, -0.15) is 0 Å². The SMILES string of the molecule is CCN1c2ccccc2N(C(C)=O)[C@H]2C(C(C)=O)=C(C)O[C@H]21. The van der Waals surface area contributed by atoms with Crippen molar-refractivity contribution < 1.29 is 14.3 Å². The Bertz CT molecular complexity index is 680. The highest BCUT2D eigenvalue weighted by molar-refractivity contribution is 6.03. The van der Waals surface area contributed by atoms with Crippen LogP contribution in [0, 0.1) is 0 Å². The zero-order chi connectivity index (χ0) is 16.0. The zero-order valence-corrected chi connectivity index (χ0v) is 13.3. The first kappa shape index (κ1) is 14.6. The van der Waals surface area contributed by atoms with Crippen LogP contribution in [0.1, 0.15) is 27.7 Å². The first-order valence-electron chi connectivity index (χ1n) is 7.51. The molecule has 1 amide bonds. The average Bonchev–Trinajstić information content (AvgIpc) is 2.80. The fraction of sp³-hybridized carbons (Fsp3) is 0.412. The fourth-order valence-corrected chi connectivity index (χ4v) is 3.52. The zero-order valence-electron chi connectivity index (χ0n) is 13.3. The minimum absolute atomic E-state index is 0.0494. The molecule has 2 aliphatic rings. The van der Waals surface area contributed by atoms with E-state index in [0.29, 0.717) is 11.3 Å². The van der Waals surface area contributed by atoms with Crippen LogP contribution in [-0.4, -0.2) is 30.5 Å². The largest absolute Gasteiger partial charge is 0.472 e. The first-order valence-corrected chi connectivity index (χ1v) is 7.51. The molecule has 2 atom stereocenters. The summed E-state index contributed by atoms with van der Waals surface area (Å²) in [5.74, 6) is 0.474. The molecule has 0 aliphatic carbocycles. The molecular weight excluding hydrogens is 280 g/mol. The molecule has 0 saturated heterocycles. The number of benzene rings is 1. The van der Waals surface area contributed by atoms with Gasteiger partial charge in [0, 0.05) is 13.5 Å². The summed E-state index contributed by atoms with van der Waals surface area (Å²) in [4.78, 5) is 28.2. The number of anilines is 2. The molecule has 0 bridgehead atoms. The Labute approximate surface area is 130 Å². The Morgan fingerprint density at radius 2 is 1.82 bits per heavy atom. The molecule has 0 fully saturated rings. The van der Waals surface area contributed by atoms with Crippen LogP contribution < -0.4 is 9.80 Å². The molecule has 116 valence electrons. The number of fused-ring (bicyclic) bond motifs is 2. The number of rotatable bonds is 2. The van der Waals surface area contributed by atoms with E-state index in [0.717, 1.165) is 17.9 Å². The van der Waals surface area contributed by atoms with Crippen molar-refractivity contribution in [2.24, 2.45) is 0 Å². The van der Waals surface area contributed by atoms with Crippen LogP contribution in [0.5, 0.6) is 0 Å². The summed E-state index contributed by atoms with van der Waals surface area (Å²) in [6, 6.07) is 7.37. The van der Waals surface area contributed by atoms with Crippen molar-refractivity contribution in [3.8, 4) is 0 Å². The third kappa shape index (κ3) is 1.92. The smallest absolute Gasteiger partial charge is 0.224 e. The second-order valence-corrected chi connectivity index (χ2v) is 5.64. The molecule has 2 heterocycles. The number of nitrogens with zero attached hydrogens (tertiary/aromatic N) is 2. The summed E-state index contributed by atoms with van der Waals surface area (Å²) in [5.41, 5.74) is 2.38. The summed E-state index contributed by atoms with van der Waals surface area (Å²) in [6.07, 6.45) is -0.345. The number of carbonyl (C=O) groups is 2. The predicted molar refractivity (Wildman–Crippen MR) is 84.7 cm³/mol. The Hall–Kier alpha value is -2.30. The molecule has 0 N–H and O–H groups in total. The van der Waals surface area contributed by atoms with Crippen LogP contribution >= 0.6 is 0 Å². The Morgan fingerprint density at radius 3 is 2.36 bits per heavy atom. The van der Waals surface area contributed by atoms with Gasteiger partial charge in [-0.1, -0.05) is 12.1 Å². The topological polar surface area (TPSA) is 49.9 Å². The molecule has 1 aromatic carbocycles. The molecule has 0 spiro atoms. The average molecular weight is 300 g/mol. The molecular formula is C17H20N2O3. The summed E-state index contributed by atoms with van der Waals surface area (Å²) >= 11 is 0. The standard InChI is InChI=1S/C17H20N2O3/c1-5-18-13-8-6-7-9-14(13)19(12(4)21)16-15(10(2)20)11(3)22-17(16)18/h6-9,16-17H,5H2,1-4H3/t16-,17+/m0/s1. The first-order chi connectivity index (χ1) is 10.5. The van der Waals surface area contributed by atoms with Gasteiger partial charge in [0.15, 0.2) is 12.0 Å². The van der Waals surface area contributed by atoms with Crippen LogP contribution in [0.4, 0.5) is 11.4 Å². The predicted octanol–water partition coefficient (Wildman–Crippen LogP) is 2.47. The molecule has 0 aromatic heterocycles. The summed E-state index contributed by atoms with van der Waals surface area (Å²) < 4.78 is 5.97. The van der Waals surface area contributed by atoms with Gasteiger partial charge in [-0.25, -0.2) is 0 Å². The van der Waals surface area contributed by atoms with Crippen LogP contribution in [-0.2, 0) is 14.3 Å². The lowest BCUT2D eigenvalue weighted by atomic mass is 9.96. The van der Waals surface area contributed by atoms with E-state index in [-0.39, 0.29) is 24.0 Å². The Kier molecular flexibility index (Phi) is 3.43. The van der Waals surface area contributed by atoms with Crippen LogP contribution in [0.15, 0.2) is 35.6 Å². The minimum atomic E-state index is -0.384. The van der Waals surface area contributed by atoms with Crippen molar-refractivity contribution in [3.05, 3.63) is 35.6 Å². The van der Waals surface area contributed by atoms with Crippen LogP contribution in [0.25, 0.3) is 0 Å². The number of hydrogen-bond donors (Lipinski definition) is 0. The van der Waals surface area contributed by atoms with Crippen molar-refractivity contribution in [1.82, 2.24) is 0 Å². The van der Waals surface area contributed by atoms with E-state index in [1.807, 2.05) is 31.2 Å². The number of ketones is 1. The van der Waals surface area contributed by atoms with Crippen molar-refractivity contribution in [2.45, 2.75) is 40.0 Å². The van der Waals surface area contributed by atoms with Gasteiger partial charge in [0.2, 0.25) is 5.91 Å². The van der Waals surface area contributed by atoms with Crippen LogP contribution in [0.3, 0.4) is 0 Å². The van der Waals surface area contributed by atoms with Crippen molar-refractivity contribution in [2.75, 3.05) is 16.3 Å². The van der Waals surface area contributed by atoms with Gasteiger partial charge < -0.3 is 9.64 Å². The molecule has 0 radical (unpaired) electrons. The van der Waals surface area contributed by atoms with E-state index in [1.165, 1.54) is 13.8 Å². The molecule has 3 rings (SSSR count). The van der Waals surface area contributed by atoms with Gasteiger partial charge in [-0.05, 0) is 32.9 Å². The second kappa shape index (κ2) is 5.16. The van der Waals surface area contributed by atoms with Gasteiger partial charge >= 0.3 is 0 Å². The highest BCUT2D eigenvalue weighted by Crippen LogP contribution is 2.44. The quantitative estimate of drug-likeness (QED) is 0.842. The number of para-hydroxylation sites is 2. The van der Waals surface area contributed by atoms with E-state index >= 15 is 0 Å². The lowest BCUT2D eigenvalue weighted by Crippen LogP contribution is -2.57. The second-order valence-electron chi connectivity index (χ2n) is 5.64. The highest BCUT2D eigenvalue weighted by Gasteiger charge is 2.49. The van der Waals surface area contributed by atoms with E-state index in [9.17, 15) is 9.59 Å². The van der Waals surface area contributed by atoms with Gasteiger partial charge in [0.05, 0.1) is 16.9 Å². The van der Waals surface area contributed by atoms with E-state index in [1.54, 1.807) is 11.8 Å². The summed E-state index contributed by atoms with van der Waals surface area (Å²) in [6.45, 7) is 7.64. The number of allylic oxidation sites excluding steroid dienone is 1. The van der Waals surface area contributed by atoms with E-state index in [2.05, 4.69) is 4.90 Å². The van der Waals surface area contributed by atoms with Crippen molar-refractivity contribution in [3.63, 3.8) is 0 Å². The van der Waals surface area contributed by atoms with Crippen molar-refractivity contribution >= 4 is 23.1 Å². The maximum atomic E-state index is 12.3. The number of likely N-dealkylation sites (N-methyl/N-ethyl adjacent to an activating group) is 1. The Morgan fingerprint density at radius 1 is 1.18 bits per heavy atom. The van der Waals surface area contributed by atoms with Gasteiger partial charge in [-0.15, -0.1) is 0 Å². The summed E-state index contributed by atoms with van der Waals surface area (Å²) in [5, 5.41) is 0. The lowest BCUT2D eigenvalue weighted by Gasteiger charge is -2.45. The number of amides is 1. The van der Waals surface area contributed by atoms with Gasteiger partial charge in [0.1, 0.15) is 11.8 Å². The maximum absolute atomic E-state index is 12.3. The molecule has 0 saturated carbocycles. The van der Waals surface area contributed by atoms with Gasteiger partial charge in [-0.3, -0.25) is 14.5 Å². The Balaban J connectivity index is 2.22. The molecule has 0 unspecified atom stereocenters. The molecule has 2 aliphatic heterocycles. The number of carbonyl (C=O) groups excluding carboxylic acids is 2. The fourth-order valence-electron chi connectivity index (χ4n) is 3.52. The third-order valence-corrected chi connectivity index (χ3v) is 4.34. The monoisotopic (exact) mass is 300 g/mol. The van der Waals surface area contributed by atoms with E-state index in [4.69, 9.17) is 4.74 Å². The van der Waals surface area contributed by atoms with Gasteiger partial charge in [0.25, 0.3) is 0 Å². The third-order valence-electron chi connectivity index (χ3n) is 4.34. The lowest BCUT2D eigenvalue weighted by molar-refractivity contribution is -0.117. The van der Waals surface area contributed by atoms with E-state index < -0.39 is 0 Å². The number of hydrogen-bond acceptors (Lipinski definition) is 4.